The first-order valence-corrected chi connectivity index (χ1v) is 11.8. The average Bonchev–Trinajstić information content (AvgIpc) is 2.75. The number of aromatic nitrogens is 2. The van der Waals surface area contributed by atoms with E-state index in [0.717, 1.165) is 22.9 Å². The second-order valence-electron chi connectivity index (χ2n) is 7.85. The van der Waals surface area contributed by atoms with E-state index in [1.54, 1.807) is 16.4 Å². The summed E-state index contributed by atoms with van der Waals surface area (Å²) in [6.07, 6.45) is 0. The van der Waals surface area contributed by atoms with E-state index in [-0.39, 0.29) is 0 Å². The van der Waals surface area contributed by atoms with Gasteiger partial charge in [0.05, 0.1) is 4.90 Å². The molecule has 3 aromatic rings. The molecule has 1 saturated heterocycles. The number of nitrogens with zero attached hydrogens (tertiary/aromatic N) is 4. The van der Waals surface area contributed by atoms with Crippen molar-refractivity contribution >= 4 is 27.3 Å². The average molecular weight is 438 g/mol. The molecule has 1 aliphatic rings. The Balaban J connectivity index is 1.46. The van der Waals surface area contributed by atoms with Gasteiger partial charge in [-0.3, -0.25) is 0 Å². The molecule has 0 radical (unpaired) electrons. The SMILES string of the molecule is Cc1ccc(Nc2cc(N3CCN(S(=O)(=O)c4ccc(C)cc4)CC3)nc(C)n2)cc1. The molecule has 0 bridgehead atoms. The molecule has 162 valence electrons. The number of piperazine rings is 1. The van der Waals surface area contributed by atoms with Gasteiger partial charge in [-0.05, 0) is 45.0 Å². The van der Waals surface area contributed by atoms with Crippen LogP contribution in [0.4, 0.5) is 17.3 Å². The van der Waals surface area contributed by atoms with Crippen molar-refractivity contribution in [1.29, 1.82) is 0 Å². The molecule has 1 aromatic heterocycles. The highest BCUT2D eigenvalue weighted by atomic mass is 32.2. The Hall–Kier alpha value is -2.97. The zero-order valence-electron chi connectivity index (χ0n) is 18.0. The molecule has 0 spiro atoms. The van der Waals surface area contributed by atoms with Crippen LogP contribution in [0.25, 0.3) is 0 Å². The van der Waals surface area contributed by atoms with Crippen LogP contribution in [0.15, 0.2) is 59.5 Å². The van der Waals surface area contributed by atoms with Gasteiger partial charge in [-0.1, -0.05) is 35.4 Å². The fourth-order valence-electron chi connectivity index (χ4n) is 3.58. The maximum atomic E-state index is 12.9. The van der Waals surface area contributed by atoms with Crippen molar-refractivity contribution in [3.05, 3.63) is 71.5 Å². The highest BCUT2D eigenvalue weighted by Gasteiger charge is 2.29. The number of nitrogens with one attached hydrogen (secondary N) is 1. The predicted octanol–water partition coefficient (Wildman–Crippen LogP) is 3.66. The molecule has 0 amide bonds. The summed E-state index contributed by atoms with van der Waals surface area (Å²) in [5.41, 5.74) is 3.20. The van der Waals surface area contributed by atoms with Gasteiger partial charge in [-0.2, -0.15) is 4.31 Å². The van der Waals surface area contributed by atoms with Gasteiger partial charge in [0.1, 0.15) is 17.5 Å². The Bertz CT molecular complexity index is 1150. The van der Waals surface area contributed by atoms with Gasteiger partial charge >= 0.3 is 0 Å². The summed E-state index contributed by atoms with van der Waals surface area (Å²) >= 11 is 0. The molecule has 2 heterocycles. The van der Waals surface area contributed by atoms with Crippen molar-refractivity contribution in [2.75, 3.05) is 36.4 Å². The maximum Gasteiger partial charge on any atom is 0.243 e. The lowest BCUT2D eigenvalue weighted by molar-refractivity contribution is 0.383. The van der Waals surface area contributed by atoms with E-state index in [1.165, 1.54) is 5.56 Å². The number of hydrogen-bond acceptors (Lipinski definition) is 6. The maximum absolute atomic E-state index is 12.9. The van der Waals surface area contributed by atoms with Crippen LogP contribution in [0, 0.1) is 20.8 Å². The van der Waals surface area contributed by atoms with Gasteiger partial charge < -0.3 is 10.2 Å². The summed E-state index contributed by atoms with van der Waals surface area (Å²) in [4.78, 5) is 11.5. The largest absolute Gasteiger partial charge is 0.354 e. The van der Waals surface area contributed by atoms with E-state index in [0.29, 0.717) is 36.9 Å². The van der Waals surface area contributed by atoms with Crippen LogP contribution in [-0.4, -0.2) is 48.9 Å². The molecule has 7 nitrogen and oxygen atoms in total. The Labute approximate surface area is 183 Å². The highest BCUT2D eigenvalue weighted by Crippen LogP contribution is 2.23. The number of aryl methyl sites for hydroxylation is 3. The Morgan fingerprint density at radius 3 is 2.00 bits per heavy atom. The van der Waals surface area contributed by atoms with Gasteiger partial charge in [0.15, 0.2) is 0 Å². The van der Waals surface area contributed by atoms with Crippen molar-refractivity contribution in [2.24, 2.45) is 0 Å². The monoisotopic (exact) mass is 437 g/mol. The second kappa shape index (κ2) is 8.64. The first-order valence-electron chi connectivity index (χ1n) is 10.3. The number of anilines is 3. The molecule has 0 aliphatic carbocycles. The number of benzene rings is 2. The molecule has 31 heavy (non-hydrogen) atoms. The van der Waals surface area contributed by atoms with Gasteiger partial charge in [0.2, 0.25) is 10.0 Å². The molecule has 2 aromatic carbocycles. The molecule has 0 unspecified atom stereocenters. The van der Waals surface area contributed by atoms with Crippen molar-refractivity contribution < 1.29 is 8.42 Å². The minimum Gasteiger partial charge on any atom is -0.354 e. The molecule has 4 rings (SSSR count). The summed E-state index contributed by atoms with van der Waals surface area (Å²) in [6.45, 7) is 7.84. The summed E-state index contributed by atoms with van der Waals surface area (Å²) < 4.78 is 27.4. The van der Waals surface area contributed by atoms with Crippen LogP contribution in [-0.2, 0) is 10.0 Å². The lowest BCUT2D eigenvalue weighted by Gasteiger charge is -2.34. The van der Waals surface area contributed by atoms with Crippen molar-refractivity contribution in [3.63, 3.8) is 0 Å². The van der Waals surface area contributed by atoms with Gasteiger partial charge in [-0.15, -0.1) is 0 Å². The molecular weight excluding hydrogens is 410 g/mol. The normalized spacial score (nSPS) is 15.1. The molecule has 1 N–H and O–H groups in total. The third-order valence-electron chi connectivity index (χ3n) is 5.37. The number of hydrogen-bond donors (Lipinski definition) is 1. The van der Waals surface area contributed by atoms with Crippen LogP contribution in [0.2, 0.25) is 0 Å². The predicted molar refractivity (Wildman–Crippen MR) is 123 cm³/mol. The quantitative estimate of drug-likeness (QED) is 0.656. The van der Waals surface area contributed by atoms with Crippen LogP contribution in [0.1, 0.15) is 17.0 Å². The Morgan fingerprint density at radius 1 is 0.806 bits per heavy atom. The van der Waals surface area contributed by atoms with Crippen LogP contribution in [0.5, 0.6) is 0 Å². The Morgan fingerprint density at radius 2 is 1.39 bits per heavy atom. The Kier molecular flexibility index (Phi) is 5.93. The fourth-order valence-corrected chi connectivity index (χ4v) is 5.00. The standard InChI is InChI=1S/C23H27N5O2S/c1-17-4-8-20(9-5-17)26-22-16-23(25-19(3)24-22)27-12-14-28(15-13-27)31(29,30)21-10-6-18(2)7-11-21/h4-11,16H,12-15H2,1-3H3,(H,24,25,26). The molecule has 8 heteroatoms. The zero-order chi connectivity index (χ0) is 22.0. The smallest absolute Gasteiger partial charge is 0.243 e. The van der Waals surface area contributed by atoms with Gasteiger partial charge in [0.25, 0.3) is 0 Å². The minimum atomic E-state index is -3.48. The van der Waals surface area contributed by atoms with Gasteiger partial charge in [-0.25, -0.2) is 18.4 Å². The third-order valence-corrected chi connectivity index (χ3v) is 7.28. The van der Waals surface area contributed by atoms with Crippen LogP contribution in [0.3, 0.4) is 0 Å². The highest BCUT2D eigenvalue weighted by molar-refractivity contribution is 7.89. The summed E-state index contributed by atoms with van der Waals surface area (Å²) in [5, 5.41) is 3.33. The van der Waals surface area contributed by atoms with Crippen molar-refractivity contribution in [2.45, 2.75) is 25.7 Å². The summed E-state index contributed by atoms with van der Waals surface area (Å²) in [5.74, 6) is 2.19. The van der Waals surface area contributed by atoms with E-state index in [4.69, 9.17) is 0 Å². The third kappa shape index (κ3) is 4.86. The van der Waals surface area contributed by atoms with E-state index in [1.807, 2.05) is 56.3 Å². The van der Waals surface area contributed by atoms with Crippen molar-refractivity contribution in [3.8, 4) is 0 Å². The van der Waals surface area contributed by atoms with E-state index < -0.39 is 10.0 Å². The topological polar surface area (TPSA) is 78.4 Å². The first kappa shape index (κ1) is 21.3. The summed E-state index contributed by atoms with van der Waals surface area (Å²) in [6, 6.07) is 17.0. The molecule has 0 atom stereocenters. The fraction of sp³-hybridized carbons (Fsp3) is 0.304. The van der Waals surface area contributed by atoms with E-state index in [2.05, 4.69) is 27.1 Å². The number of sulfonamides is 1. The second-order valence-corrected chi connectivity index (χ2v) is 9.79. The van der Waals surface area contributed by atoms with Crippen LogP contribution < -0.4 is 10.2 Å². The molecule has 1 fully saturated rings. The minimum absolute atomic E-state index is 0.342. The number of rotatable bonds is 5. The van der Waals surface area contributed by atoms with Gasteiger partial charge in [0, 0.05) is 37.9 Å². The summed E-state index contributed by atoms with van der Waals surface area (Å²) in [7, 11) is -3.48. The molecule has 0 saturated carbocycles. The lowest BCUT2D eigenvalue weighted by atomic mass is 10.2. The van der Waals surface area contributed by atoms with Crippen molar-refractivity contribution in [1.82, 2.24) is 14.3 Å². The lowest BCUT2D eigenvalue weighted by Crippen LogP contribution is -2.49. The van der Waals surface area contributed by atoms with Crippen LogP contribution >= 0.6 is 0 Å². The molecular formula is C23H27N5O2S. The first-order chi connectivity index (χ1) is 14.8. The van der Waals surface area contributed by atoms with E-state index >= 15 is 0 Å². The molecule has 1 aliphatic heterocycles. The zero-order valence-corrected chi connectivity index (χ0v) is 18.9. The van der Waals surface area contributed by atoms with E-state index in [9.17, 15) is 8.42 Å².